The van der Waals surface area contributed by atoms with Gasteiger partial charge in [-0.05, 0) is 24.3 Å². The molecule has 0 bridgehead atoms. The Morgan fingerprint density at radius 1 is 0.543 bits per heavy atom. The van der Waals surface area contributed by atoms with Gasteiger partial charge in [-0.3, -0.25) is 19.2 Å². The number of ketones is 2. The molecule has 4 aromatic carbocycles. The zero-order valence-electron chi connectivity index (χ0n) is 25.4. The molecule has 3 aliphatic rings. The first-order chi connectivity index (χ1) is 22.3. The summed E-state index contributed by atoms with van der Waals surface area (Å²) in [6.07, 6.45) is -0.238. The predicted molar refractivity (Wildman–Crippen MR) is 169 cm³/mol. The Kier molecular flexibility index (Phi) is 7.18. The summed E-state index contributed by atoms with van der Waals surface area (Å²) in [4.78, 5) is 72.4. The number of benzene rings is 4. The highest BCUT2D eigenvalue weighted by Crippen LogP contribution is 2.48. The molecule has 0 aromatic heterocycles. The van der Waals surface area contributed by atoms with Crippen molar-refractivity contribution in [2.75, 3.05) is 24.2 Å². The summed E-state index contributed by atoms with van der Waals surface area (Å²) in [6, 6.07) is 33.8. The summed E-state index contributed by atoms with van der Waals surface area (Å²) >= 11 is 0. The van der Waals surface area contributed by atoms with Gasteiger partial charge in [0.1, 0.15) is 12.1 Å². The van der Waals surface area contributed by atoms with E-state index >= 15 is 0 Å². The van der Waals surface area contributed by atoms with Crippen LogP contribution in [0, 0.1) is 0 Å². The lowest BCUT2D eigenvalue weighted by Gasteiger charge is -2.50. The summed E-state index contributed by atoms with van der Waals surface area (Å²) < 4.78 is 0. The fraction of sp³-hybridized carbons (Fsp3) is 0.222. The molecule has 7 rings (SSSR count). The van der Waals surface area contributed by atoms with Crippen molar-refractivity contribution in [3.05, 3.63) is 132 Å². The summed E-state index contributed by atoms with van der Waals surface area (Å²) in [5.74, 6) is -1.64. The molecule has 46 heavy (non-hydrogen) atoms. The first-order valence-electron chi connectivity index (χ1n) is 15.1. The summed E-state index contributed by atoms with van der Waals surface area (Å²) in [7, 11) is 2.96. The SMILES string of the molecule is CN1C(=O)[C@]2(C[C@@H](C(=O)c3ccccc3)N(c3ccccc3)O2)N(C)C(=O)[C@@]12C[C@H](C(=O)c1ccccc1)N(c1ccccc1)O2. The van der Waals surface area contributed by atoms with Crippen LogP contribution in [0.3, 0.4) is 0 Å². The molecule has 4 aromatic rings. The van der Waals surface area contributed by atoms with Crippen LogP contribution in [0.5, 0.6) is 0 Å². The van der Waals surface area contributed by atoms with Gasteiger partial charge in [-0.15, -0.1) is 0 Å². The van der Waals surface area contributed by atoms with Crippen molar-refractivity contribution in [3.8, 4) is 0 Å². The quantitative estimate of drug-likeness (QED) is 0.292. The Morgan fingerprint density at radius 3 is 1.17 bits per heavy atom. The number of anilines is 2. The number of hydrogen-bond donors (Lipinski definition) is 0. The van der Waals surface area contributed by atoms with Crippen molar-refractivity contribution in [2.45, 2.75) is 36.4 Å². The second kappa shape index (κ2) is 11.2. The van der Waals surface area contributed by atoms with Crippen LogP contribution in [0.2, 0.25) is 0 Å². The summed E-state index contributed by atoms with van der Waals surface area (Å²) in [5, 5.41) is 2.85. The molecule has 2 spiro atoms. The standard InChI is InChI=1S/C36H32N4O6/c1-37-33(43)36(24-30(32(42)26-17-9-4-10-18-26)40(46-36)28-21-13-6-14-22-28)38(2)34(44)35(37)23-29(31(41)25-15-7-3-8-16-25)39(45-35)27-19-11-5-12-20-27/h3-22,29-30H,23-24H2,1-2H3/t29-,30+,35+,36-. The average Bonchev–Trinajstić information content (AvgIpc) is 3.73. The van der Waals surface area contributed by atoms with Crippen molar-refractivity contribution >= 4 is 34.8 Å². The zero-order valence-corrected chi connectivity index (χ0v) is 25.4. The third-order valence-corrected chi connectivity index (χ3v) is 9.11. The van der Waals surface area contributed by atoms with Crippen LogP contribution in [0.4, 0.5) is 11.4 Å². The molecule has 0 radical (unpaired) electrons. The minimum Gasteiger partial charge on any atom is -0.303 e. The normalized spacial score (nSPS) is 26.0. The number of Topliss-reactive ketones (excluding diaryl/α,β-unsaturated/α-hetero) is 2. The third-order valence-electron chi connectivity index (χ3n) is 9.11. The number of amides is 2. The van der Waals surface area contributed by atoms with Crippen LogP contribution in [0.25, 0.3) is 0 Å². The van der Waals surface area contributed by atoms with Crippen molar-refractivity contribution in [2.24, 2.45) is 0 Å². The number of nitrogens with zero attached hydrogens (tertiary/aromatic N) is 4. The van der Waals surface area contributed by atoms with E-state index in [2.05, 4.69) is 0 Å². The molecule has 0 N–H and O–H groups in total. The monoisotopic (exact) mass is 616 g/mol. The molecular weight excluding hydrogens is 584 g/mol. The van der Waals surface area contributed by atoms with Crippen molar-refractivity contribution in [1.82, 2.24) is 9.80 Å². The Bertz CT molecular complexity index is 1660. The molecule has 4 atom stereocenters. The third kappa shape index (κ3) is 4.48. The number of hydrogen-bond acceptors (Lipinski definition) is 8. The first kappa shape index (κ1) is 29.4. The Hall–Kier alpha value is -5.32. The number of rotatable bonds is 6. The van der Waals surface area contributed by atoms with Crippen molar-refractivity contribution in [1.29, 1.82) is 0 Å². The van der Waals surface area contributed by atoms with E-state index in [1.54, 1.807) is 97.1 Å². The van der Waals surface area contributed by atoms with Gasteiger partial charge in [0.25, 0.3) is 23.3 Å². The van der Waals surface area contributed by atoms with Crippen LogP contribution in [-0.4, -0.2) is 70.8 Å². The summed E-state index contributed by atoms with van der Waals surface area (Å²) in [5.41, 5.74) is -1.65. The van der Waals surface area contributed by atoms with Gasteiger partial charge < -0.3 is 9.80 Å². The number of hydroxylamine groups is 2. The van der Waals surface area contributed by atoms with Crippen LogP contribution >= 0.6 is 0 Å². The lowest BCUT2D eigenvalue weighted by Crippen LogP contribution is -2.75. The van der Waals surface area contributed by atoms with Crippen LogP contribution in [-0.2, 0) is 19.3 Å². The van der Waals surface area contributed by atoms with Gasteiger partial charge in [-0.1, -0.05) is 97.1 Å². The molecule has 2 amide bonds. The smallest absolute Gasteiger partial charge is 0.281 e. The fourth-order valence-corrected chi connectivity index (χ4v) is 6.61. The Morgan fingerprint density at radius 2 is 0.848 bits per heavy atom. The number of piperazine rings is 1. The average molecular weight is 617 g/mol. The van der Waals surface area contributed by atoms with Gasteiger partial charge >= 0.3 is 0 Å². The molecule has 3 fully saturated rings. The van der Waals surface area contributed by atoms with Crippen LogP contribution < -0.4 is 10.1 Å². The fourth-order valence-electron chi connectivity index (χ4n) is 6.61. The van der Waals surface area contributed by atoms with E-state index in [9.17, 15) is 19.2 Å². The molecule has 3 heterocycles. The van der Waals surface area contributed by atoms with Gasteiger partial charge in [-0.25, -0.2) is 19.8 Å². The van der Waals surface area contributed by atoms with Gasteiger partial charge in [0.15, 0.2) is 11.6 Å². The van der Waals surface area contributed by atoms with E-state index in [1.807, 2.05) is 24.3 Å². The maximum Gasteiger partial charge on any atom is 0.281 e. The molecule has 0 aliphatic carbocycles. The topological polar surface area (TPSA) is 99.7 Å². The van der Waals surface area contributed by atoms with Gasteiger partial charge in [0, 0.05) is 38.1 Å². The summed E-state index contributed by atoms with van der Waals surface area (Å²) in [6.45, 7) is 0. The lowest BCUT2D eigenvalue weighted by atomic mass is 9.88. The van der Waals surface area contributed by atoms with Crippen molar-refractivity contribution in [3.63, 3.8) is 0 Å². The number of carbonyl (C=O) groups excluding carboxylic acids is 4. The van der Waals surface area contributed by atoms with Gasteiger partial charge in [0.2, 0.25) is 0 Å². The van der Waals surface area contributed by atoms with E-state index in [-0.39, 0.29) is 24.4 Å². The van der Waals surface area contributed by atoms with Gasteiger partial charge in [0.05, 0.1) is 11.4 Å². The minimum absolute atomic E-state index is 0.119. The molecule has 0 unspecified atom stereocenters. The highest BCUT2D eigenvalue weighted by molar-refractivity contribution is 6.07. The molecule has 3 aliphatic heterocycles. The van der Waals surface area contributed by atoms with Crippen LogP contribution in [0.15, 0.2) is 121 Å². The predicted octanol–water partition coefficient (Wildman–Crippen LogP) is 4.50. The van der Waals surface area contributed by atoms with E-state index in [4.69, 9.17) is 9.68 Å². The molecule has 10 nitrogen and oxygen atoms in total. The van der Waals surface area contributed by atoms with Crippen molar-refractivity contribution < 1.29 is 28.9 Å². The largest absolute Gasteiger partial charge is 0.303 e. The zero-order chi connectivity index (χ0) is 32.1. The highest BCUT2D eigenvalue weighted by atomic mass is 16.7. The number of para-hydroxylation sites is 2. The maximum absolute atomic E-state index is 14.6. The van der Waals surface area contributed by atoms with E-state index in [0.717, 1.165) is 0 Å². The highest BCUT2D eigenvalue weighted by Gasteiger charge is 2.70. The number of likely N-dealkylation sites (N-methyl/N-ethyl adjacent to an activating group) is 2. The van der Waals surface area contributed by atoms with E-state index in [1.165, 1.54) is 34.0 Å². The number of carbonyl (C=O) groups is 4. The van der Waals surface area contributed by atoms with Gasteiger partial charge in [-0.2, -0.15) is 0 Å². The molecule has 232 valence electrons. The Balaban J connectivity index is 1.27. The van der Waals surface area contributed by atoms with E-state index < -0.39 is 35.3 Å². The minimum atomic E-state index is -1.84. The molecular formula is C36H32N4O6. The second-order valence-corrected chi connectivity index (χ2v) is 11.7. The maximum atomic E-state index is 14.6. The van der Waals surface area contributed by atoms with Crippen LogP contribution in [0.1, 0.15) is 33.6 Å². The second-order valence-electron chi connectivity index (χ2n) is 11.7. The lowest BCUT2D eigenvalue weighted by molar-refractivity contribution is -0.233. The van der Waals surface area contributed by atoms with E-state index in [0.29, 0.717) is 22.5 Å². The molecule has 10 heteroatoms. The molecule has 0 saturated carbocycles. The molecule has 3 saturated heterocycles. The first-order valence-corrected chi connectivity index (χ1v) is 15.1. The Labute approximate surface area is 266 Å².